The van der Waals surface area contributed by atoms with E-state index in [1.807, 2.05) is 6.92 Å². The van der Waals surface area contributed by atoms with Crippen LogP contribution in [0.3, 0.4) is 0 Å². The van der Waals surface area contributed by atoms with Crippen LogP contribution in [0.4, 0.5) is 0 Å². The molecule has 1 heteroatoms. The fourth-order valence-electron chi connectivity index (χ4n) is 8.59. The van der Waals surface area contributed by atoms with E-state index in [0.717, 1.165) is 30.1 Å². The maximum Gasteiger partial charge on any atom is 0 e. The second-order valence-corrected chi connectivity index (χ2v) is 13.4. The minimum absolute atomic E-state index is 0. The van der Waals surface area contributed by atoms with Gasteiger partial charge in [0.05, 0.1) is 0 Å². The molecule has 189 valence electrons. The molecule has 0 heterocycles. The predicted octanol–water partition coefficient (Wildman–Crippen LogP) is 10.4. The van der Waals surface area contributed by atoms with Crippen molar-refractivity contribution in [3.8, 4) is 0 Å². The Morgan fingerprint density at radius 1 is 1.00 bits per heavy atom. The summed E-state index contributed by atoms with van der Waals surface area (Å²) in [7, 11) is 0. The molecule has 1 radical (unpaired) electrons. The van der Waals surface area contributed by atoms with E-state index in [1.54, 1.807) is 0 Å². The molecule has 0 bridgehead atoms. The van der Waals surface area contributed by atoms with Gasteiger partial charge in [-0.2, -0.15) is 11.8 Å². The van der Waals surface area contributed by atoms with Crippen molar-refractivity contribution < 1.29 is 32.7 Å². The van der Waals surface area contributed by atoms with E-state index in [-0.39, 0.29) is 32.7 Å². The van der Waals surface area contributed by atoms with Gasteiger partial charge < -0.3 is 6.42 Å². The Hall–Kier alpha value is 0.584. The second kappa shape index (κ2) is 12.2. The molecule has 3 rings (SSSR count). The summed E-state index contributed by atoms with van der Waals surface area (Å²) < 4.78 is 0. The number of hydrogen-bond acceptors (Lipinski definition) is 0. The quantitative estimate of drug-likeness (QED) is 0.250. The van der Waals surface area contributed by atoms with Crippen molar-refractivity contribution in [2.75, 3.05) is 0 Å². The van der Waals surface area contributed by atoms with Crippen molar-refractivity contribution in [1.82, 2.24) is 0 Å². The molecule has 3 saturated carbocycles. The van der Waals surface area contributed by atoms with Crippen molar-refractivity contribution in [2.24, 2.45) is 45.3 Å². The van der Waals surface area contributed by atoms with Gasteiger partial charge in [-0.05, 0) is 86.4 Å². The molecule has 0 aromatic heterocycles. The third kappa shape index (κ3) is 6.67. The van der Waals surface area contributed by atoms with Gasteiger partial charge in [-0.3, -0.25) is 0 Å². The zero-order valence-electron chi connectivity index (χ0n) is 24.2. The molecule has 0 aromatic carbocycles. The average Bonchev–Trinajstić information content (AvgIpc) is 2.70. The normalized spacial score (nSPS) is 42.5. The van der Waals surface area contributed by atoms with Crippen LogP contribution < -0.4 is 0 Å². The number of allylic oxidation sites excluding steroid dienone is 3. The standard InChI is InChI=1S/C27H47.C5H10.Y/c1-9-14-25(6)17-18-26(7)20(3)22(13-12-21(26)19-25)27(8)16-11-15-24(4,5)23(27)10-2;1-4-5(2)3;/h9,14-15,20-23H,10-13,16-19H2,1-8H3;2,4H2,1,3H3;/q-1;;. The van der Waals surface area contributed by atoms with Gasteiger partial charge in [0, 0.05) is 32.7 Å². The molecule has 0 N–H and O–H groups in total. The molecular weight excluding hydrogens is 473 g/mol. The van der Waals surface area contributed by atoms with Gasteiger partial charge in [0.1, 0.15) is 0 Å². The van der Waals surface area contributed by atoms with E-state index in [9.17, 15) is 0 Å². The summed E-state index contributed by atoms with van der Waals surface area (Å²) in [5, 5.41) is 0. The van der Waals surface area contributed by atoms with Crippen molar-refractivity contribution >= 4 is 0 Å². The minimum Gasteiger partial charge on any atom is -0.323 e. The molecule has 0 amide bonds. The molecule has 3 aliphatic carbocycles. The van der Waals surface area contributed by atoms with Crippen LogP contribution in [0.25, 0.3) is 0 Å². The van der Waals surface area contributed by atoms with Gasteiger partial charge in [0.15, 0.2) is 0 Å². The first-order valence-electron chi connectivity index (χ1n) is 13.9. The fourth-order valence-corrected chi connectivity index (χ4v) is 8.59. The van der Waals surface area contributed by atoms with E-state index >= 15 is 0 Å². The Morgan fingerprint density at radius 3 is 2.12 bits per heavy atom. The third-order valence-corrected chi connectivity index (χ3v) is 10.8. The van der Waals surface area contributed by atoms with Gasteiger partial charge in [0.2, 0.25) is 0 Å². The smallest absolute Gasteiger partial charge is 0 e. The van der Waals surface area contributed by atoms with Crippen molar-refractivity contribution in [1.29, 1.82) is 0 Å². The number of hydrogen-bond donors (Lipinski definition) is 0. The van der Waals surface area contributed by atoms with Crippen LogP contribution in [0.1, 0.15) is 127 Å². The van der Waals surface area contributed by atoms with Crippen LogP contribution in [0.5, 0.6) is 0 Å². The second-order valence-electron chi connectivity index (χ2n) is 13.4. The Bertz CT molecular complexity index is 659. The van der Waals surface area contributed by atoms with Crippen LogP contribution in [0, 0.1) is 51.8 Å². The zero-order chi connectivity index (χ0) is 24.4. The zero-order valence-corrected chi connectivity index (χ0v) is 27.0. The Labute approximate surface area is 234 Å². The summed E-state index contributed by atoms with van der Waals surface area (Å²) in [4.78, 5) is 0. The molecule has 0 spiro atoms. The van der Waals surface area contributed by atoms with Gasteiger partial charge in [-0.25, -0.2) is 0 Å². The Morgan fingerprint density at radius 2 is 1.61 bits per heavy atom. The van der Waals surface area contributed by atoms with Crippen LogP contribution in [-0.4, -0.2) is 0 Å². The maximum atomic E-state index is 3.67. The van der Waals surface area contributed by atoms with Crippen molar-refractivity contribution in [3.05, 3.63) is 30.7 Å². The Kier molecular flexibility index (Phi) is 11.7. The topological polar surface area (TPSA) is 0 Å². The van der Waals surface area contributed by atoms with Crippen molar-refractivity contribution in [2.45, 2.75) is 127 Å². The molecule has 0 saturated heterocycles. The van der Waals surface area contributed by atoms with E-state index in [0.29, 0.717) is 21.7 Å². The minimum atomic E-state index is 0. The largest absolute Gasteiger partial charge is 0.323 e. The summed E-state index contributed by atoms with van der Waals surface area (Å²) in [5.74, 6) is 3.52. The number of fused-ring (bicyclic) bond motifs is 1. The summed E-state index contributed by atoms with van der Waals surface area (Å²) in [6, 6.07) is 0. The molecule has 0 aromatic rings. The molecule has 7 unspecified atom stereocenters. The molecular formula is C32H57Y-. The van der Waals surface area contributed by atoms with E-state index < -0.39 is 0 Å². The average molecular weight is 531 g/mol. The molecule has 3 fully saturated rings. The first kappa shape index (κ1) is 31.6. The third-order valence-electron chi connectivity index (χ3n) is 10.8. The van der Waals surface area contributed by atoms with Gasteiger partial charge in [-0.1, -0.05) is 91.9 Å². The summed E-state index contributed by atoms with van der Waals surface area (Å²) in [6.07, 6.45) is 19.8. The van der Waals surface area contributed by atoms with Gasteiger partial charge in [0.25, 0.3) is 0 Å². The predicted molar refractivity (Wildman–Crippen MR) is 145 cm³/mol. The van der Waals surface area contributed by atoms with E-state index in [4.69, 9.17) is 0 Å². The van der Waals surface area contributed by atoms with Gasteiger partial charge >= 0.3 is 0 Å². The number of rotatable bonds is 4. The first-order valence-corrected chi connectivity index (χ1v) is 13.9. The molecule has 7 atom stereocenters. The van der Waals surface area contributed by atoms with Crippen LogP contribution >= 0.6 is 0 Å². The van der Waals surface area contributed by atoms with E-state index in [2.05, 4.69) is 87.5 Å². The van der Waals surface area contributed by atoms with Crippen molar-refractivity contribution in [3.63, 3.8) is 0 Å². The Balaban J connectivity index is 0.000000821. The van der Waals surface area contributed by atoms with E-state index in [1.165, 1.54) is 56.9 Å². The monoisotopic (exact) mass is 530 g/mol. The SMILES string of the molecule is C=C(C)CC.CC=CC1(C)CCC2(C)C(CCC(C3(C)CC[CH-]C(C)(C)C3CC)C2C)C1.[Y]. The fraction of sp³-hybridized carbons (Fsp3) is 0.844. The summed E-state index contributed by atoms with van der Waals surface area (Å²) in [5.41, 5.74) is 3.17. The summed E-state index contributed by atoms with van der Waals surface area (Å²) in [6.45, 7) is 28.0. The van der Waals surface area contributed by atoms with Crippen LogP contribution in [-0.2, 0) is 32.7 Å². The van der Waals surface area contributed by atoms with Crippen LogP contribution in [0.2, 0.25) is 0 Å². The van der Waals surface area contributed by atoms with Crippen LogP contribution in [0.15, 0.2) is 24.3 Å². The van der Waals surface area contributed by atoms with Gasteiger partial charge in [-0.15, -0.1) is 6.58 Å². The molecule has 0 nitrogen and oxygen atoms in total. The molecule has 3 aliphatic rings. The maximum absolute atomic E-state index is 3.67. The first-order chi connectivity index (χ1) is 14.8. The summed E-state index contributed by atoms with van der Waals surface area (Å²) >= 11 is 0. The molecule has 0 aliphatic heterocycles. The molecule has 33 heavy (non-hydrogen) atoms.